The van der Waals surface area contributed by atoms with Crippen molar-refractivity contribution >= 4 is 11.9 Å². The molecule has 0 saturated heterocycles. The van der Waals surface area contributed by atoms with Crippen LogP contribution in [0.15, 0.2) is 54.6 Å². The van der Waals surface area contributed by atoms with E-state index >= 15 is 0 Å². The van der Waals surface area contributed by atoms with Crippen molar-refractivity contribution in [1.29, 1.82) is 0 Å². The van der Waals surface area contributed by atoms with Crippen LogP contribution < -0.4 is 0 Å². The topological polar surface area (TPSA) is 57.6 Å². The molecular weight excluding hydrogens is 290 g/mol. The molecule has 0 radical (unpaired) electrons. The van der Waals surface area contributed by atoms with Crippen molar-refractivity contribution in [2.24, 2.45) is 0 Å². The predicted molar refractivity (Wildman–Crippen MR) is 89.5 cm³/mol. The first kappa shape index (κ1) is 16.7. The number of benzene rings is 2. The maximum absolute atomic E-state index is 12.5. The number of hydrogen-bond donors (Lipinski definition) is 1. The minimum Gasteiger partial charge on any atom is -0.478 e. The van der Waals surface area contributed by atoms with Gasteiger partial charge in [0.15, 0.2) is 0 Å². The Kier molecular flexibility index (Phi) is 5.92. The van der Waals surface area contributed by atoms with Crippen molar-refractivity contribution in [3.05, 3.63) is 71.3 Å². The molecule has 0 aliphatic carbocycles. The Morgan fingerprint density at radius 3 is 2.30 bits per heavy atom. The number of hydrogen-bond acceptors (Lipinski definition) is 2. The highest BCUT2D eigenvalue weighted by atomic mass is 16.4. The van der Waals surface area contributed by atoms with Crippen molar-refractivity contribution in [1.82, 2.24) is 4.90 Å². The van der Waals surface area contributed by atoms with Gasteiger partial charge < -0.3 is 10.0 Å². The molecule has 0 aromatic heterocycles. The van der Waals surface area contributed by atoms with Gasteiger partial charge in [0.05, 0.1) is 12.0 Å². The van der Waals surface area contributed by atoms with Crippen LogP contribution in [0, 0.1) is 0 Å². The Hall–Kier alpha value is -2.62. The first-order valence-corrected chi connectivity index (χ1v) is 7.74. The van der Waals surface area contributed by atoms with Gasteiger partial charge in [-0.05, 0) is 30.5 Å². The normalized spacial score (nSPS) is 10.3. The van der Waals surface area contributed by atoms with E-state index < -0.39 is 5.97 Å². The van der Waals surface area contributed by atoms with Crippen LogP contribution in [0.2, 0.25) is 0 Å². The van der Waals surface area contributed by atoms with E-state index in [-0.39, 0.29) is 17.9 Å². The molecule has 0 unspecified atom stereocenters. The number of nitrogens with zero attached hydrogens (tertiary/aromatic N) is 1. The maximum atomic E-state index is 12.5. The monoisotopic (exact) mass is 311 g/mol. The number of aromatic carboxylic acids is 1. The Balaban J connectivity index is 2.02. The summed E-state index contributed by atoms with van der Waals surface area (Å²) in [6, 6.07) is 16.7. The van der Waals surface area contributed by atoms with Crippen molar-refractivity contribution in [3.63, 3.8) is 0 Å². The zero-order valence-electron chi connectivity index (χ0n) is 13.2. The van der Waals surface area contributed by atoms with Crippen LogP contribution in [-0.2, 0) is 17.6 Å². The molecule has 0 bridgehead atoms. The second kappa shape index (κ2) is 8.13. The molecular formula is C19H21NO3. The second-order valence-corrected chi connectivity index (χ2v) is 5.35. The first-order chi connectivity index (χ1) is 11.1. The molecule has 2 aromatic rings. The highest BCUT2D eigenvalue weighted by molar-refractivity contribution is 5.91. The number of amides is 1. The Bertz CT molecular complexity index is 667. The zero-order valence-corrected chi connectivity index (χ0v) is 13.2. The lowest BCUT2D eigenvalue weighted by Crippen LogP contribution is -2.34. The summed E-state index contributed by atoms with van der Waals surface area (Å²) in [5.41, 5.74) is 1.94. The number of rotatable bonds is 7. The fraction of sp³-hybridized carbons (Fsp3) is 0.263. The zero-order chi connectivity index (χ0) is 16.7. The maximum Gasteiger partial charge on any atom is 0.335 e. The molecule has 2 rings (SSSR count). The molecule has 2 aromatic carbocycles. The molecule has 120 valence electrons. The highest BCUT2D eigenvalue weighted by Crippen LogP contribution is 2.11. The van der Waals surface area contributed by atoms with Gasteiger partial charge in [0.25, 0.3) is 0 Å². The molecule has 1 N–H and O–H groups in total. The summed E-state index contributed by atoms with van der Waals surface area (Å²) in [7, 11) is 0. The number of likely N-dealkylation sites (N-methyl/N-ethyl adjacent to an activating group) is 1. The van der Waals surface area contributed by atoms with Crippen LogP contribution in [0.1, 0.15) is 28.4 Å². The molecule has 0 aliphatic rings. The van der Waals surface area contributed by atoms with Crippen LogP contribution in [0.25, 0.3) is 0 Å². The van der Waals surface area contributed by atoms with E-state index in [9.17, 15) is 14.7 Å². The van der Waals surface area contributed by atoms with Gasteiger partial charge in [0.2, 0.25) is 5.91 Å². The van der Waals surface area contributed by atoms with Gasteiger partial charge in [-0.1, -0.05) is 48.5 Å². The summed E-state index contributed by atoms with van der Waals surface area (Å²) in [5, 5.41) is 9.20. The van der Waals surface area contributed by atoms with Crippen LogP contribution in [0.5, 0.6) is 0 Å². The standard InChI is InChI=1S/C19H21NO3/c1-2-20(13-12-15-8-4-3-5-9-15)18(21)14-16-10-6-7-11-17(16)19(22)23/h3-11H,2,12-14H2,1H3,(H,22,23). The SMILES string of the molecule is CCN(CCc1ccccc1)C(=O)Cc1ccccc1C(=O)O. The van der Waals surface area contributed by atoms with E-state index in [4.69, 9.17) is 0 Å². The van der Waals surface area contributed by atoms with E-state index in [2.05, 4.69) is 0 Å². The van der Waals surface area contributed by atoms with E-state index in [1.807, 2.05) is 37.3 Å². The minimum absolute atomic E-state index is 0.0443. The number of carbonyl (C=O) groups is 2. The molecule has 0 saturated carbocycles. The fourth-order valence-electron chi connectivity index (χ4n) is 2.53. The fourth-order valence-corrected chi connectivity index (χ4v) is 2.53. The molecule has 4 heteroatoms. The molecule has 0 heterocycles. The molecule has 4 nitrogen and oxygen atoms in total. The van der Waals surface area contributed by atoms with Gasteiger partial charge in [-0.25, -0.2) is 4.79 Å². The summed E-state index contributed by atoms with van der Waals surface area (Å²) in [6.07, 6.45) is 0.909. The Morgan fingerprint density at radius 2 is 1.65 bits per heavy atom. The largest absolute Gasteiger partial charge is 0.478 e. The summed E-state index contributed by atoms with van der Waals surface area (Å²) >= 11 is 0. The lowest BCUT2D eigenvalue weighted by atomic mass is 10.0. The highest BCUT2D eigenvalue weighted by Gasteiger charge is 2.16. The lowest BCUT2D eigenvalue weighted by molar-refractivity contribution is -0.130. The number of carbonyl (C=O) groups excluding carboxylic acids is 1. The van der Waals surface area contributed by atoms with Gasteiger partial charge in [-0.2, -0.15) is 0 Å². The summed E-state index contributed by atoms with van der Waals surface area (Å²) in [6.45, 7) is 3.18. The van der Waals surface area contributed by atoms with E-state index in [1.54, 1.807) is 23.1 Å². The minimum atomic E-state index is -0.999. The predicted octanol–water partition coefficient (Wildman–Crippen LogP) is 3.02. The molecule has 0 fully saturated rings. The Morgan fingerprint density at radius 1 is 1.00 bits per heavy atom. The van der Waals surface area contributed by atoms with Crippen LogP contribution >= 0.6 is 0 Å². The third-order valence-corrected chi connectivity index (χ3v) is 3.84. The van der Waals surface area contributed by atoms with E-state index in [0.29, 0.717) is 18.7 Å². The van der Waals surface area contributed by atoms with Gasteiger partial charge in [-0.3, -0.25) is 4.79 Å². The van der Waals surface area contributed by atoms with Gasteiger partial charge in [0, 0.05) is 13.1 Å². The van der Waals surface area contributed by atoms with Crippen LogP contribution in [0.3, 0.4) is 0 Å². The van der Waals surface area contributed by atoms with Crippen molar-refractivity contribution < 1.29 is 14.7 Å². The summed E-state index contributed by atoms with van der Waals surface area (Å²) in [5.74, 6) is -1.04. The molecule has 0 spiro atoms. The lowest BCUT2D eigenvalue weighted by Gasteiger charge is -2.21. The van der Waals surface area contributed by atoms with Crippen LogP contribution in [0.4, 0.5) is 0 Å². The van der Waals surface area contributed by atoms with Gasteiger partial charge >= 0.3 is 5.97 Å². The third-order valence-electron chi connectivity index (χ3n) is 3.84. The average molecular weight is 311 g/mol. The molecule has 1 amide bonds. The molecule has 0 atom stereocenters. The van der Waals surface area contributed by atoms with E-state index in [1.165, 1.54) is 11.6 Å². The van der Waals surface area contributed by atoms with E-state index in [0.717, 1.165) is 6.42 Å². The quantitative estimate of drug-likeness (QED) is 0.855. The molecule has 0 aliphatic heterocycles. The average Bonchev–Trinajstić information content (AvgIpc) is 2.56. The van der Waals surface area contributed by atoms with Crippen molar-refractivity contribution in [3.8, 4) is 0 Å². The third kappa shape index (κ3) is 4.68. The van der Waals surface area contributed by atoms with Gasteiger partial charge in [-0.15, -0.1) is 0 Å². The molecule has 23 heavy (non-hydrogen) atoms. The van der Waals surface area contributed by atoms with Crippen molar-refractivity contribution in [2.45, 2.75) is 19.8 Å². The Labute approximate surface area is 136 Å². The summed E-state index contributed by atoms with van der Waals surface area (Å²) in [4.78, 5) is 25.5. The number of carboxylic acids is 1. The number of carboxylic acid groups (broad SMARTS) is 1. The first-order valence-electron chi connectivity index (χ1n) is 7.74. The second-order valence-electron chi connectivity index (χ2n) is 5.35. The van der Waals surface area contributed by atoms with Crippen molar-refractivity contribution in [2.75, 3.05) is 13.1 Å². The van der Waals surface area contributed by atoms with Gasteiger partial charge in [0.1, 0.15) is 0 Å². The van der Waals surface area contributed by atoms with Crippen LogP contribution in [-0.4, -0.2) is 35.0 Å². The smallest absolute Gasteiger partial charge is 0.335 e. The summed E-state index contributed by atoms with van der Waals surface area (Å²) < 4.78 is 0.